The molecule has 0 aliphatic rings. The molecule has 0 saturated carbocycles. The van der Waals surface area contributed by atoms with Crippen molar-refractivity contribution in [1.82, 2.24) is 46.8 Å². The number of nitrogens with zero attached hydrogens (tertiary/aromatic N) is 2. The lowest BCUT2D eigenvalue weighted by Crippen LogP contribution is -2.62. The summed E-state index contributed by atoms with van der Waals surface area (Å²) in [7, 11) is 1.36. The number of pyridine rings is 1. The van der Waals surface area contributed by atoms with Crippen molar-refractivity contribution in [2.75, 3.05) is 25.1 Å². The maximum Gasteiger partial charge on any atom is 0.245 e. The Hall–Kier alpha value is -7.54. The third kappa shape index (κ3) is 18.0. The van der Waals surface area contributed by atoms with Crippen LogP contribution in [0.1, 0.15) is 48.4 Å². The Morgan fingerprint density at radius 2 is 1.24 bits per heavy atom. The molecule has 0 radical (unpaired) electrons. The van der Waals surface area contributed by atoms with E-state index in [1.54, 1.807) is 42.6 Å². The van der Waals surface area contributed by atoms with Gasteiger partial charge in [-0.1, -0.05) is 90.5 Å². The molecule has 9 atom stereocenters. The first-order chi connectivity index (χ1) is 39.3. The number of aromatic amines is 1. The Kier molecular flexibility index (Phi) is 24.1. The van der Waals surface area contributed by atoms with Crippen molar-refractivity contribution >= 4 is 106 Å². The number of halogens is 1. The third-order valence-corrected chi connectivity index (χ3v) is 14.9. The number of fused-ring (bicyclic) bond motifs is 2. The number of para-hydroxylation sites is 1. The number of carbonyl (C=O) groups is 8. The van der Waals surface area contributed by atoms with Crippen LogP contribution in [0.3, 0.4) is 0 Å². The van der Waals surface area contributed by atoms with Crippen LogP contribution in [0.5, 0.6) is 0 Å². The van der Waals surface area contributed by atoms with E-state index < -0.39 is 102 Å². The number of primary amides is 1. The monoisotopic (exact) mass is 1180 g/mol. The fraction of sp³-hybridized carbons (Fsp3) is 0.362. The minimum Gasteiger partial charge on any atom is -0.391 e. The van der Waals surface area contributed by atoms with E-state index in [0.717, 1.165) is 32.1 Å². The van der Waals surface area contributed by atoms with Gasteiger partial charge >= 0.3 is 0 Å². The number of thiol groups is 2. The molecule has 24 heteroatoms. The number of aliphatic hydroxyl groups is 1. The van der Waals surface area contributed by atoms with Crippen molar-refractivity contribution in [3.05, 3.63) is 149 Å². The number of carbonyl (C=O) groups excluding carboxylic acids is 8. The minimum absolute atomic E-state index is 0.0143. The molecular weight excluding hydrogens is 1110 g/mol. The molecule has 0 saturated heterocycles. The van der Waals surface area contributed by atoms with Gasteiger partial charge in [-0.15, -0.1) is 0 Å². The van der Waals surface area contributed by atoms with Crippen LogP contribution in [-0.4, -0.2) is 147 Å². The maximum atomic E-state index is 15.1. The van der Waals surface area contributed by atoms with Gasteiger partial charge in [0, 0.05) is 72.3 Å². The molecule has 82 heavy (non-hydrogen) atoms. The topological polar surface area (TPSA) is 339 Å². The lowest BCUT2D eigenvalue weighted by atomic mass is 10.00. The quantitative estimate of drug-likeness (QED) is 0.0226. The molecule has 0 aliphatic heterocycles. The Morgan fingerprint density at radius 1 is 0.646 bits per heavy atom. The van der Waals surface area contributed by atoms with Gasteiger partial charge in [-0.05, 0) is 96.4 Å². The number of aromatic nitrogens is 2. The van der Waals surface area contributed by atoms with E-state index in [1.807, 2.05) is 66.7 Å². The Balaban J connectivity index is 1.21. The standard InChI is InChI=1S/C58H71ClN12O9S2/c1-33(72)50(57(79)69-48(32-82)54(76)65-44(51(62)73)26-35-16-19-37-11-3-4-12-38(37)24-35)70-56(78)49(15-7-8-22-60)71(2)58(80)46(28-39-30-64-43-14-6-5-13-41(39)43)67-53(75)45(27-36-10-9-23-63-29-36)66-55(77)47(31-81)68-52(74)42(61)25-34-17-20-40(59)21-18-34/h3-6,9-14,16-21,23-24,29-30,33,42,44-50,64,72,81-82H,7-8,15,22,25-28,31-32,60-61H2,1-2H3,(H2,62,73)(H,65,76)(H,66,77)(H,67,75)(H,68,74)(H,69,79)(H,70,78)/t33-,42+,44+,45+,46-,47-,48+,49+,50+/m1/s1. The third-order valence-electron chi connectivity index (χ3n) is 13.9. The van der Waals surface area contributed by atoms with E-state index >= 15 is 4.79 Å². The number of unbranched alkanes of at least 4 members (excludes halogenated alkanes) is 1. The molecule has 2 aromatic heterocycles. The van der Waals surface area contributed by atoms with Gasteiger partial charge in [0.25, 0.3) is 0 Å². The van der Waals surface area contributed by atoms with E-state index in [0.29, 0.717) is 34.6 Å². The highest BCUT2D eigenvalue weighted by Gasteiger charge is 2.38. The lowest BCUT2D eigenvalue weighted by Gasteiger charge is -2.33. The number of rotatable bonds is 30. The number of amides is 8. The van der Waals surface area contributed by atoms with Crippen LogP contribution in [-0.2, 0) is 64.0 Å². The van der Waals surface area contributed by atoms with Crippen molar-refractivity contribution in [1.29, 1.82) is 0 Å². The van der Waals surface area contributed by atoms with Crippen LogP contribution in [0.15, 0.2) is 122 Å². The van der Waals surface area contributed by atoms with Crippen LogP contribution >= 0.6 is 36.9 Å². The highest BCUT2D eigenvalue weighted by atomic mass is 35.5. The smallest absolute Gasteiger partial charge is 0.245 e. The normalized spacial score (nSPS) is 14.6. The molecule has 0 unspecified atom stereocenters. The molecule has 0 spiro atoms. The molecule has 14 N–H and O–H groups in total. The van der Waals surface area contributed by atoms with E-state index in [-0.39, 0.29) is 50.2 Å². The second kappa shape index (κ2) is 31.0. The number of likely N-dealkylation sites (N-methyl/N-ethyl adjacent to an activating group) is 1. The summed E-state index contributed by atoms with van der Waals surface area (Å²) in [6.07, 6.45) is 3.91. The largest absolute Gasteiger partial charge is 0.391 e. The number of aliphatic hydroxyl groups excluding tert-OH is 1. The fourth-order valence-corrected chi connectivity index (χ4v) is 9.90. The predicted molar refractivity (Wildman–Crippen MR) is 320 cm³/mol. The maximum absolute atomic E-state index is 15.1. The number of nitrogens with two attached hydrogens (primary N) is 3. The van der Waals surface area contributed by atoms with Crippen LogP contribution in [0.2, 0.25) is 5.02 Å². The van der Waals surface area contributed by atoms with E-state index in [9.17, 15) is 38.7 Å². The van der Waals surface area contributed by atoms with Crippen molar-refractivity contribution < 1.29 is 43.5 Å². The summed E-state index contributed by atoms with van der Waals surface area (Å²) in [4.78, 5) is 121. The first-order valence-electron chi connectivity index (χ1n) is 26.7. The summed E-state index contributed by atoms with van der Waals surface area (Å²) in [5, 5.41) is 30.0. The number of hydrogen-bond donors (Lipinski definition) is 13. The summed E-state index contributed by atoms with van der Waals surface area (Å²) in [5.74, 6) is -6.90. The first-order valence-corrected chi connectivity index (χ1v) is 28.3. The van der Waals surface area contributed by atoms with Gasteiger partial charge in [0.1, 0.15) is 42.3 Å². The van der Waals surface area contributed by atoms with Gasteiger partial charge < -0.3 is 64.1 Å². The highest BCUT2D eigenvalue weighted by molar-refractivity contribution is 7.80. The zero-order valence-corrected chi connectivity index (χ0v) is 48.0. The average molecular weight is 1180 g/mol. The van der Waals surface area contributed by atoms with Gasteiger partial charge in [-0.2, -0.15) is 25.3 Å². The van der Waals surface area contributed by atoms with Crippen molar-refractivity contribution in [2.45, 2.75) is 106 Å². The van der Waals surface area contributed by atoms with E-state index in [1.165, 1.54) is 26.4 Å². The summed E-state index contributed by atoms with van der Waals surface area (Å²) in [6, 6.07) is 20.0. The van der Waals surface area contributed by atoms with Crippen molar-refractivity contribution in [2.24, 2.45) is 17.2 Å². The second-order valence-corrected chi connectivity index (χ2v) is 21.2. The number of hydrogen-bond acceptors (Lipinski definition) is 14. The molecule has 0 aliphatic carbocycles. The van der Waals surface area contributed by atoms with Gasteiger partial charge in [-0.3, -0.25) is 43.3 Å². The van der Waals surface area contributed by atoms with Gasteiger partial charge in [-0.25, -0.2) is 0 Å². The highest BCUT2D eigenvalue weighted by Crippen LogP contribution is 2.22. The molecule has 6 rings (SSSR count). The van der Waals surface area contributed by atoms with Crippen LogP contribution in [0.4, 0.5) is 0 Å². The fourth-order valence-electron chi connectivity index (χ4n) is 9.26. The molecule has 8 amide bonds. The lowest BCUT2D eigenvalue weighted by molar-refractivity contribution is -0.143. The summed E-state index contributed by atoms with van der Waals surface area (Å²) in [5.41, 5.74) is 21.2. The molecular formula is C58H71ClN12O9S2. The van der Waals surface area contributed by atoms with Gasteiger partial charge in [0.2, 0.25) is 47.3 Å². The van der Waals surface area contributed by atoms with Crippen molar-refractivity contribution in [3.8, 4) is 0 Å². The summed E-state index contributed by atoms with van der Waals surface area (Å²) >= 11 is 14.6. The van der Waals surface area contributed by atoms with Crippen molar-refractivity contribution in [3.63, 3.8) is 0 Å². The van der Waals surface area contributed by atoms with Crippen LogP contribution in [0.25, 0.3) is 21.7 Å². The van der Waals surface area contributed by atoms with Gasteiger partial charge in [0.15, 0.2) is 0 Å². The first kappa shape index (κ1) is 63.6. The Labute approximate surface area is 491 Å². The molecule has 6 aromatic rings. The Bertz CT molecular complexity index is 3170. The van der Waals surface area contributed by atoms with Crippen LogP contribution < -0.4 is 49.1 Å². The molecule has 0 bridgehead atoms. The van der Waals surface area contributed by atoms with Crippen LogP contribution in [0, 0.1) is 0 Å². The SMILES string of the molecule is C[C@@H](O)[C@H](NC(=O)[C@H](CCCCN)N(C)C(=O)[C@@H](Cc1c[nH]c2ccccc12)NC(=O)[C@H](Cc1cccnc1)NC(=O)[C@@H](CS)NC(=O)[C@@H](N)Cc1ccc(Cl)cc1)C(=O)N[C@@H](CS)C(=O)N[C@@H](Cc1ccc2ccccc2c1)C(N)=O. The summed E-state index contributed by atoms with van der Waals surface area (Å²) < 4.78 is 0. The second-order valence-electron chi connectivity index (χ2n) is 20.0. The molecule has 4 aromatic carbocycles. The average Bonchev–Trinajstić information content (AvgIpc) is 3.88. The molecule has 436 valence electrons. The number of nitrogens with one attached hydrogen (secondary N) is 7. The number of benzene rings is 4. The molecule has 0 fully saturated rings. The predicted octanol–water partition coefficient (Wildman–Crippen LogP) is 1.56. The molecule has 2 heterocycles. The zero-order valence-electron chi connectivity index (χ0n) is 45.4. The summed E-state index contributed by atoms with van der Waals surface area (Å²) in [6.45, 7) is 1.50. The van der Waals surface area contributed by atoms with Gasteiger partial charge in [0.05, 0.1) is 12.1 Å². The molecule has 21 nitrogen and oxygen atoms in total. The van der Waals surface area contributed by atoms with E-state index in [4.69, 9.17) is 28.8 Å². The minimum atomic E-state index is -1.68. The Morgan fingerprint density at radius 3 is 1.89 bits per heavy atom. The zero-order chi connectivity index (χ0) is 59.5. The van der Waals surface area contributed by atoms with E-state index in [2.05, 4.69) is 67.1 Å². The number of H-pyrrole nitrogens is 1.